The van der Waals surface area contributed by atoms with E-state index in [0.29, 0.717) is 10.8 Å². The summed E-state index contributed by atoms with van der Waals surface area (Å²) in [4.78, 5) is 2.45. The highest BCUT2D eigenvalue weighted by atomic mass is 32.2. The lowest BCUT2D eigenvalue weighted by molar-refractivity contribution is 0.243. The van der Waals surface area contributed by atoms with Gasteiger partial charge in [0.15, 0.2) is 0 Å². The van der Waals surface area contributed by atoms with Gasteiger partial charge in [-0.3, -0.25) is 0 Å². The minimum atomic E-state index is -3.47. The van der Waals surface area contributed by atoms with Crippen molar-refractivity contribution in [1.29, 1.82) is 0 Å². The fourth-order valence-corrected chi connectivity index (χ4v) is 5.41. The summed E-state index contributed by atoms with van der Waals surface area (Å²) in [5.41, 5.74) is -0.230. The van der Waals surface area contributed by atoms with Gasteiger partial charge in [0, 0.05) is 12.7 Å². The summed E-state index contributed by atoms with van der Waals surface area (Å²) in [6.07, 6.45) is 8.47. The van der Waals surface area contributed by atoms with E-state index in [2.05, 4.69) is 9.62 Å². The normalized spacial score (nSPS) is 23.1. The van der Waals surface area contributed by atoms with E-state index in [1.165, 1.54) is 43.9 Å². The average molecular weight is 338 g/mol. The lowest BCUT2D eigenvalue weighted by Gasteiger charge is -2.31. The molecule has 1 atom stereocenters. The maximum Gasteiger partial charge on any atom is 0.242 e. The second-order valence-corrected chi connectivity index (χ2v) is 8.61. The van der Waals surface area contributed by atoms with E-state index in [0.717, 1.165) is 6.54 Å². The van der Waals surface area contributed by atoms with Crippen molar-refractivity contribution in [2.75, 3.05) is 6.54 Å². The second-order valence-electron chi connectivity index (χ2n) is 5.91. The van der Waals surface area contributed by atoms with E-state index in [1.807, 2.05) is 17.7 Å². The standard InChI is InChI=1S/C16H22N2O2S2/c19-22(20,15-9-5-2-6-10-15)17-16-18(11-12-21-16)13-14-7-3-1-4-8-14/h2,5-6,9-12,14,16-17H,1,3-4,7-8,13H2. The smallest absolute Gasteiger partial charge is 0.242 e. The summed E-state index contributed by atoms with van der Waals surface area (Å²) < 4.78 is 27.7. The molecular weight excluding hydrogens is 316 g/mol. The van der Waals surface area contributed by atoms with E-state index < -0.39 is 10.0 Å². The van der Waals surface area contributed by atoms with Gasteiger partial charge < -0.3 is 4.90 Å². The Morgan fingerprint density at radius 2 is 1.86 bits per heavy atom. The Morgan fingerprint density at radius 1 is 1.14 bits per heavy atom. The number of hydrogen-bond acceptors (Lipinski definition) is 4. The Bertz CT molecular complexity index is 610. The number of thioether (sulfide) groups is 1. The van der Waals surface area contributed by atoms with Gasteiger partial charge in [-0.2, -0.15) is 4.72 Å². The van der Waals surface area contributed by atoms with Crippen molar-refractivity contribution >= 4 is 21.8 Å². The number of rotatable bonds is 5. The summed E-state index contributed by atoms with van der Waals surface area (Å²) in [7, 11) is -3.47. The first-order chi connectivity index (χ1) is 10.6. The molecule has 1 aromatic carbocycles. The molecule has 120 valence electrons. The van der Waals surface area contributed by atoms with Crippen molar-refractivity contribution < 1.29 is 8.42 Å². The monoisotopic (exact) mass is 338 g/mol. The molecule has 2 aliphatic rings. The van der Waals surface area contributed by atoms with Crippen LogP contribution >= 0.6 is 11.8 Å². The summed E-state index contributed by atoms with van der Waals surface area (Å²) in [6.45, 7) is 0.936. The third-order valence-corrected chi connectivity index (χ3v) is 6.77. The fraction of sp³-hybridized carbons (Fsp3) is 0.500. The van der Waals surface area contributed by atoms with Gasteiger partial charge in [0.2, 0.25) is 10.0 Å². The van der Waals surface area contributed by atoms with Gasteiger partial charge >= 0.3 is 0 Å². The van der Waals surface area contributed by atoms with Gasteiger partial charge in [0.1, 0.15) is 5.50 Å². The van der Waals surface area contributed by atoms with Crippen molar-refractivity contribution in [3.8, 4) is 0 Å². The van der Waals surface area contributed by atoms with Crippen molar-refractivity contribution in [2.45, 2.75) is 42.5 Å². The molecule has 6 heteroatoms. The van der Waals surface area contributed by atoms with Gasteiger partial charge in [-0.05, 0) is 36.3 Å². The zero-order chi connectivity index (χ0) is 15.4. The Labute approximate surface area is 137 Å². The molecule has 1 saturated carbocycles. The summed E-state index contributed by atoms with van der Waals surface area (Å²) in [5, 5.41) is 1.97. The summed E-state index contributed by atoms with van der Waals surface area (Å²) >= 11 is 1.52. The van der Waals surface area contributed by atoms with Gasteiger partial charge in [-0.15, -0.1) is 0 Å². The Morgan fingerprint density at radius 3 is 2.59 bits per heavy atom. The average Bonchev–Trinajstić information content (AvgIpc) is 2.95. The van der Waals surface area contributed by atoms with Crippen LogP contribution in [0.25, 0.3) is 0 Å². The molecule has 0 amide bonds. The summed E-state index contributed by atoms with van der Waals surface area (Å²) in [5.74, 6) is 0.681. The third kappa shape index (κ3) is 3.86. The molecule has 1 aliphatic heterocycles. The van der Waals surface area contributed by atoms with Gasteiger partial charge in [0.25, 0.3) is 0 Å². The largest absolute Gasteiger partial charge is 0.352 e. The molecule has 3 rings (SSSR count). The minimum Gasteiger partial charge on any atom is -0.352 e. The molecule has 22 heavy (non-hydrogen) atoms. The molecular formula is C16H22N2O2S2. The SMILES string of the molecule is O=S(=O)(NC1SC=CN1CC1CCCCC1)c1ccccc1. The molecule has 1 fully saturated rings. The lowest BCUT2D eigenvalue weighted by atomic mass is 9.89. The van der Waals surface area contributed by atoms with Crippen LogP contribution in [0.4, 0.5) is 0 Å². The Kier molecular flexibility index (Phi) is 5.10. The first-order valence-corrected chi connectivity index (χ1v) is 10.2. The van der Waals surface area contributed by atoms with Crippen LogP contribution in [0, 0.1) is 5.92 Å². The number of nitrogens with one attached hydrogen (secondary N) is 1. The fourth-order valence-electron chi connectivity index (χ4n) is 3.06. The van der Waals surface area contributed by atoms with Gasteiger partial charge in [-0.1, -0.05) is 49.2 Å². The van der Waals surface area contributed by atoms with E-state index in [4.69, 9.17) is 0 Å². The predicted octanol–water partition coefficient (Wildman–Crippen LogP) is 3.35. The molecule has 1 N–H and O–H groups in total. The van der Waals surface area contributed by atoms with Crippen molar-refractivity contribution in [2.24, 2.45) is 5.92 Å². The van der Waals surface area contributed by atoms with Crippen molar-refractivity contribution in [1.82, 2.24) is 9.62 Å². The molecule has 1 aromatic rings. The van der Waals surface area contributed by atoms with Crippen molar-refractivity contribution in [3.63, 3.8) is 0 Å². The number of benzene rings is 1. The molecule has 1 unspecified atom stereocenters. The highest BCUT2D eigenvalue weighted by Crippen LogP contribution is 2.30. The van der Waals surface area contributed by atoms with Crippen LogP contribution in [0.5, 0.6) is 0 Å². The van der Waals surface area contributed by atoms with E-state index >= 15 is 0 Å². The van der Waals surface area contributed by atoms with Gasteiger partial charge in [-0.25, -0.2) is 8.42 Å². The topological polar surface area (TPSA) is 49.4 Å². The highest BCUT2D eigenvalue weighted by molar-refractivity contribution is 8.03. The van der Waals surface area contributed by atoms with Crippen molar-refractivity contribution in [3.05, 3.63) is 41.9 Å². The molecule has 1 aliphatic carbocycles. The zero-order valence-corrected chi connectivity index (χ0v) is 14.2. The first kappa shape index (κ1) is 15.9. The van der Waals surface area contributed by atoms with Gasteiger partial charge in [0.05, 0.1) is 4.90 Å². The molecule has 1 heterocycles. The highest BCUT2D eigenvalue weighted by Gasteiger charge is 2.28. The number of nitrogens with zero attached hydrogens (tertiary/aromatic N) is 1. The lowest BCUT2D eigenvalue weighted by Crippen LogP contribution is -2.43. The van der Waals surface area contributed by atoms with Crippen LogP contribution in [0.3, 0.4) is 0 Å². The molecule has 0 spiro atoms. The maximum atomic E-state index is 12.4. The molecule has 0 saturated heterocycles. The summed E-state index contributed by atoms with van der Waals surface area (Å²) in [6, 6.07) is 8.56. The number of hydrogen-bond donors (Lipinski definition) is 1. The van der Waals surface area contributed by atoms with Crippen LogP contribution < -0.4 is 4.72 Å². The minimum absolute atomic E-state index is 0.230. The van der Waals surface area contributed by atoms with E-state index in [9.17, 15) is 8.42 Å². The quantitative estimate of drug-likeness (QED) is 0.894. The molecule has 0 radical (unpaired) electrons. The molecule has 0 bridgehead atoms. The van der Waals surface area contributed by atoms with Crippen LogP contribution in [-0.4, -0.2) is 25.4 Å². The first-order valence-electron chi connectivity index (χ1n) is 7.80. The zero-order valence-electron chi connectivity index (χ0n) is 12.5. The van der Waals surface area contributed by atoms with Crippen LogP contribution in [0.1, 0.15) is 32.1 Å². The maximum absolute atomic E-state index is 12.4. The third-order valence-electron chi connectivity index (χ3n) is 4.26. The molecule has 4 nitrogen and oxygen atoms in total. The predicted molar refractivity (Wildman–Crippen MR) is 90.6 cm³/mol. The van der Waals surface area contributed by atoms with E-state index in [-0.39, 0.29) is 5.50 Å². The van der Waals surface area contributed by atoms with Crippen LogP contribution in [0.2, 0.25) is 0 Å². The second kappa shape index (κ2) is 7.06. The van der Waals surface area contributed by atoms with E-state index in [1.54, 1.807) is 24.3 Å². The Hall–Kier alpha value is -0.980. The number of sulfonamides is 1. The molecule has 0 aromatic heterocycles. The van der Waals surface area contributed by atoms with Crippen LogP contribution in [-0.2, 0) is 10.0 Å². The van der Waals surface area contributed by atoms with Crippen LogP contribution in [0.15, 0.2) is 46.8 Å². The Balaban J connectivity index is 1.64.